The molecule has 100 valence electrons. The first kappa shape index (κ1) is 12.4. The van der Waals surface area contributed by atoms with E-state index in [4.69, 9.17) is 10.3 Å². The second-order valence-electron chi connectivity index (χ2n) is 5.27. The molecule has 2 N–H and O–H groups in total. The maximum Gasteiger partial charge on any atom is 0.139 e. The maximum atomic E-state index is 5.93. The average Bonchev–Trinajstić information content (AvgIpc) is 2.70. The number of nitrogens with two attached hydrogens (primary N) is 1. The lowest BCUT2D eigenvalue weighted by molar-refractivity contribution is 0.113. The molecule has 2 aromatic rings. The van der Waals surface area contributed by atoms with Gasteiger partial charge < -0.3 is 10.3 Å². The van der Waals surface area contributed by atoms with Gasteiger partial charge in [-0.2, -0.15) is 0 Å². The van der Waals surface area contributed by atoms with Gasteiger partial charge in [0, 0.05) is 24.7 Å². The minimum Gasteiger partial charge on any atom is -0.361 e. The summed E-state index contributed by atoms with van der Waals surface area (Å²) in [6.07, 6.45) is 0. The molecule has 1 aliphatic heterocycles. The lowest BCUT2D eigenvalue weighted by Gasteiger charge is -2.43. The summed E-state index contributed by atoms with van der Waals surface area (Å²) in [6, 6.07) is 11.0. The molecule has 4 heteroatoms. The first-order valence-electron chi connectivity index (χ1n) is 6.64. The molecule has 0 spiro atoms. The zero-order chi connectivity index (χ0) is 13.4. The third-order valence-electron chi connectivity index (χ3n) is 3.78. The summed E-state index contributed by atoms with van der Waals surface area (Å²) in [5.74, 6) is 0.895. The molecule has 1 fully saturated rings. The molecule has 0 radical (unpaired) electrons. The number of hydrogen-bond donors (Lipinski definition) is 1. The standard InChI is InChI=1S/C15H19N3O/c1-10-14(11(2)19-17-10)15(18-8-13(16)9-18)12-6-4-3-5-7-12/h3-7,13,15H,8-9,16H2,1-2H3/t15-/m1/s1. The fourth-order valence-electron chi connectivity index (χ4n) is 2.84. The number of aryl methyl sites for hydroxylation is 2. The molecule has 1 aromatic heterocycles. The quantitative estimate of drug-likeness (QED) is 0.914. The van der Waals surface area contributed by atoms with Crippen LogP contribution >= 0.6 is 0 Å². The summed E-state index contributed by atoms with van der Waals surface area (Å²) in [6.45, 7) is 5.82. The third kappa shape index (κ3) is 2.17. The monoisotopic (exact) mass is 257 g/mol. The average molecular weight is 257 g/mol. The van der Waals surface area contributed by atoms with Gasteiger partial charge in [-0.3, -0.25) is 4.90 Å². The second-order valence-corrected chi connectivity index (χ2v) is 5.27. The van der Waals surface area contributed by atoms with Crippen molar-refractivity contribution in [2.45, 2.75) is 25.9 Å². The molecule has 1 aliphatic rings. The summed E-state index contributed by atoms with van der Waals surface area (Å²) >= 11 is 0. The fraction of sp³-hybridized carbons (Fsp3) is 0.400. The molecule has 4 nitrogen and oxygen atoms in total. The summed E-state index contributed by atoms with van der Waals surface area (Å²) in [5.41, 5.74) is 9.34. The molecule has 1 atom stereocenters. The molecule has 2 heterocycles. The van der Waals surface area contributed by atoms with Crippen LogP contribution in [0.3, 0.4) is 0 Å². The van der Waals surface area contributed by atoms with Crippen molar-refractivity contribution in [3.63, 3.8) is 0 Å². The first-order valence-corrected chi connectivity index (χ1v) is 6.64. The van der Waals surface area contributed by atoms with Crippen LogP contribution in [-0.4, -0.2) is 29.2 Å². The van der Waals surface area contributed by atoms with E-state index in [1.807, 2.05) is 19.9 Å². The molecule has 3 rings (SSSR count). The van der Waals surface area contributed by atoms with Gasteiger partial charge in [0.15, 0.2) is 0 Å². The van der Waals surface area contributed by atoms with Gasteiger partial charge in [-0.25, -0.2) is 0 Å². The van der Waals surface area contributed by atoms with E-state index in [9.17, 15) is 0 Å². The Hall–Kier alpha value is -1.65. The predicted octanol–water partition coefficient (Wildman–Crippen LogP) is 2.02. The number of likely N-dealkylation sites (tertiary alicyclic amines) is 1. The molecule has 0 unspecified atom stereocenters. The zero-order valence-electron chi connectivity index (χ0n) is 11.3. The lowest BCUT2D eigenvalue weighted by Crippen LogP contribution is -2.56. The van der Waals surface area contributed by atoms with Gasteiger partial charge in [-0.15, -0.1) is 0 Å². The summed E-state index contributed by atoms with van der Waals surface area (Å²) in [4.78, 5) is 2.38. The van der Waals surface area contributed by atoms with Crippen LogP contribution in [-0.2, 0) is 0 Å². The van der Waals surface area contributed by atoms with Crippen molar-refractivity contribution in [1.82, 2.24) is 10.1 Å². The van der Waals surface area contributed by atoms with Crippen LogP contribution in [0.2, 0.25) is 0 Å². The molecule has 0 aliphatic carbocycles. The van der Waals surface area contributed by atoms with Gasteiger partial charge in [0.05, 0.1) is 11.7 Å². The van der Waals surface area contributed by atoms with Crippen molar-refractivity contribution in [2.75, 3.05) is 13.1 Å². The second kappa shape index (κ2) is 4.79. The SMILES string of the molecule is Cc1noc(C)c1[C@@H](c1ccccc1)N1CC(N)C1. The predicted molar refractivity (Wildman–Crippen MR) is 73.8 cm³/mol. The number of hydrogen-bond acceptors (Lipinski definition) is 4. The molecule has 0 saturated carbocycles. The summed E-state index contributed by atoms with van der Waals surface area (Å²) in [5, 5.41) is 4.09. The van der Waals surface area contributed by atoms with E-state index in [1.165, 1.54) is 11.1 Å². The molecular formula is C15H19N3O. The molecule has 0 amide bonds. The van der Waals surface area contributed by atoms with Gasteiger partial charge in [-0.05, 0) is 19.4 Å². The highest BCUT2D eigenvalue weighted by Crippen LogP contribution is 2.35. The first-order chi connectivity index (χ1) is 9.16. The van der Waals surface area contributed by atoms with E-state index in [-0.39, 0.29) is 12.1 Å². The highest BCUT2D eigenvalue weighted by Gasteiger charge is 2.34. The Morgan fingerprint density at radius 1 is 1.26 bits per heavy atom. The Kier molecular flexibility index (Phi) is 3.12. The van der Waals surface area contributed by atoms with Crippen LogP contribution in [0.1, 0.15) is 28.6 Å². The molecule has 19 heavy (non-hydrogen) atoms. The smallest absolute Gasteiger partial charge is 0.139 e. The van der Waals surface area contributed by atoms with Gasteiger partial charge in [-0.1, -0.05) is 35.5 Å². The van der Waals surface area contributed by atoms with Crippen LogP contribution in [0.4, 0.5) is 0 Å². The Balaban J connectivity index is 2.02. The van der Waals surface area contributed by atoms with Crippen LogP contribution in [0.5, 0.6) is 0 Å². The Morgan fingerprint density at radius 2 is 1.95 bits per heavy atom. The van der Waals surface area contributed by atoms with Crippen molar-refractivity contribution in [2.24, 2.45) is 5.73 Å². The molecular weight excluding hydrogens is 238 g/mol. The van der Waals surface area contributed by atoms with Gasteiger partial charge in [0.1, 0.15) is 5.76 Å². The van der Waals surface area contributed by atoms with E-state index in [0.717, 1.165) is 24.5 Å². The fourth-order valence-corrected chi connectivity index (χ4v) is 2.84. The van der Waals surface area contributed by atoms with E-state index >= 15 is 0 Å². The number of rotatable bonds is 3. The molecule has 1 saturated heterocycles. The Bertz CT molecular complexity index is 539. The number of benzene rings is 1. The van der Waals surface area contributed by atoms with Crippen molar-refractivity contribution >= 4 is 0 Å². The lowest BCUT2D eigenvalue weighted by atomic mass is 9.92. The van der Waals surface area contributed by atoms with Gasteiger partial charge >= 0.3 is 0 Å². The van der Waals surface area contributed by atoms with Gasteiger partial charge in [0.2, 0.25) is 0 Å². The zero-order valence-corrected chi connectivity index (χ0v) is 11.3. The third-order valence-corrected chi connectivity index (χ3v) is 3.78. The van der Waals surface area contributed by atoms with Crippen LogP contribution < -0.4 is 5.73 Å². The van der Waals surface area contributed by atoms with Gasteiger partial charge in [0.25, 0.3) is 0 Å². The van der Waals surface area contributed by atoms with E-state index in [2.05, 4.69) is 34.3 Å². The molecule has 1 aromatic carbocycles. The van der Waals surface area contributed by atoms with Crippen LogP contribution in [0.25, 0.3) is 0 Å². The van der Waals surface area contributed by atoms with Crippen LogP contribution in [0, 0.1) is 13.8 Å². The Labute approximate surface area is 113 Å². The van der Waals surface area contributed by atoms with Crippen molar-refractivity contribution < 1.29 is 4.52 Å². The van der Waals surface area contributed by atoms with Crippen molar-refractivity contribution in [1.29, 1.82) is 0 Å². The molecule has 0 bridgehead atoms. The van der Waals surface area contributed by atoms with E-state index in [1.54, 1.807) is 0 Å². The normalized spacial score (nSPS) is 18.3. The van der Waals surface area contributed by atoms with E-state index in [0.29, 0.717) is 0 Å². The largest absolute Gasteiger partial charge is 0.361 e. The minimum atomic E-state index is 0.201. The maximum absolute atomic E-state index is 5.93. The highest BCUT2D eigenvalue weighted by atomic mass is 16.5. The number of aromatic nitrogens is 1. The van der Waals surface area contributed by atoms with Crippen LogP contribution in [0.15, 0.2) is 34.9 Å². The van der Waals surface area contributed by atoms with E-state index < -0.39 is 0 Å². The topological polar surface area (TPSA) is 55.3 Å². The number of nitrogens with zero attached hydrogens (tertiary/aromatic N) is 2. The highest BCUT2D eigenvalue weighted by molar-refractivity contribution is 5.36. The summed E-state index contributed by atoms with van der Waals surface area (Å²) < 4.78 is 5.34. The van der Waals surface area contributed by atoms with Crippen molar-refractivity contribution in [3.8, 4) is 0 Å². The summed E-state index contributed by atoms with van der Waals surface area (Å²) in [7, 11) is 0. The minimum absolute atomic E-state index is 0.201. The van der Waals surface area contributed by atoms with Crippen molar-refractivity contribution in [3.05, 3.63) is 52.9 Å². The Morgan fingerprint density at radius 3 is 2.47 bits per heavy atom.